The molecule has 23 heavy (non-hydrogen) atoms. The van der Waals surface area contributed by atoms with Crippen molar-refractivity contribution in [3.63, 3.8) is 0 Å². The third-order valence-corrected chi connectivity index (χ3v) is 3.96. The van der Waals surface area contributed by atoms with Crippen molar-refractivity contribution in [2.75, 3.05) is 18.5 Å². The van der Waals surface area contributed by atoms with E-state index in [4.69, 9.17) is 9.47 Å². The minimum absolute atomic E-state index is 0.294. The van der Waals surface area contributed by atoms with Gasteiger partial charge >= 0.3 is 5.97 Å². The molecular weight excluding hydrogens is 316 g/mol. The average Bonchev–Trinajstić information content (AvgIpc) is 2.89. The number of hydrogen-bond acceptors (Lipinski definition) is 6. The van der Waals surface area contributed by atoms with E-state index < -0.39 is 5.97 Å². The van der Waals surface area contributed by atoms with Gasteiger partial charge in [-0.2, -0.15) is 0 Å². The highest BCUT2D eigenvalue weighted by Gasteiger charge is 2.18. The minimum atomic E-state index is -0.427. The number of nitrogens with zero attached hydrogens (tertiary/aromatic N) is 1. The van der Waals surface area contributed by atoms with Crippen molar-refractivity contribution in [3.05, 3.63) is 40.4 Å². The molecule has 0 unspecified atom stereocenters. The maximum absolute atomic E-state index is 12.2. The van der Waals surface area contributed by atoms with Crippen LogP contribution < -0.4 is 10.1 Å². The number of esters is 1. The van der Waals surface area contributed by atoms with Crippen molar-refractivity contribution < 1.29 is 19.1 Å². The number of aromatic nitrogens is 1. The van der Waals surface area contributed by atoms with E-state index in [0.717, 1.165) is 11.3 Å². The van der Waals surface area contributed by atoms with Crippen molar-refractivity contribution in [3.8, 4) is 5.75 Å². The molecule has 0 fully saturated rings. The zero-order chi connectivity index (χ0) is 16.8. The maximum atomic E-state index is 12.2. The lowest BCUT2D eigenvalue weighted by molar-refractivity contribution is 0.0531. The number of aryl methyl sites for hydroxylation is 1. The summed E-state index contributed by atoms with van der Waals surface area (Å²) in [7, 11) is 0. The monoisotopic (exact) mass is 334 g/mol. The second kappa shape index (κ2) is 7.73. The van der Waals surface area contributed by atoms with Crippen molar-refractivity contribution in [1.82, 2.24) is 4.98 Å². The Morgan fingerprint density at radius 2 is 1.87 bits per heavy atom. The number of carbonyl (C=O) groups excluding carboxylic acids is 2. The molecule has 6 nitrogen and oxygen atoms in total. The molecule has 0 bridgehead atoms. The quantitative estimate of drug-likeness (QED) is 0.820. The molecule has 1 heterocycles. The lowest BCUT2D eigenvalue weighted by atomic mass is 10.2. The molecule has 0 aliphatic rings. The molecule has 0 saturated carbocycles. The first kappa shape index (κ1) is 17.0. The molecule has 2 aromatic rings. The van der Waals surface area contributed by atoms with Crippen LogP contribution in [0.15, 0.2) is 24.3 Å². The van der Waals surface area contributed by atoms with Crippen molar-refractivity contribution in [1.29, 1.82) is 0 Å². The highest BCUT2D eigenvalue weighted by molar-refractivity contribution is 7.17. The summed E-state index contributed by atoms with van der Waals surface area (Å²) in [5.74, 6) is -0.0139. The number of benzene rings is 1. The van der Waals surface area contributed by atoms with E-state index in [1.165, 1.54) is 0 Å². The largest absolute Gasteiger partial charge is 0.494 e. The smallest absolute Gasteiger partial charge is 0.350 e. The molecule has 1 N–H and O–H groups in total. The van der Waals surface area contributed by atoms with Gasteiger partial charge in [0.25, 0.3) is 5.91 Å². The molecule has 7 heteroatoms. The molecule has 122 valence electrons. The number of thiazole rings is 1. The predicted octanol–water partition coefficient (Wildman–Crippen LogP) is 3.28. The van der Waals surface area contributed by atoms with Crippen LogP contribution in [0.3, 0.4) is 0 Å². The molecule has 0 aliphatic heterocycles. The van der Waals surface area contributed by atoms with Gasteiger partial charge in [-0.25, -0.2) is 9.78 Å². The van der Waals surface area contributed by atoms with E-state index in [9.17, 15) is 9.59 Å². The van der Waals surface area contributed by atoms with Gasteiger partial charge in [0, 0.05) is 5.56 Å². The van der Waals surface area contributed by atoms with Gasteiger partial charge in [-0.1, -0.05) is 11.3 Å². The summed E-state index contributed by atoms with van der Waals surface area (Å²) >= 11 is 1.10. The van der Waals surface area contributed by atoms with Crippen LogP contribution in [0.2, 0.25) is 0 Å². The fraction of sp³-hybridized carbons (Fsp3) is 0.312. The summed E-state index contributed by atoms with van der Waals surface area (Å²) in [5, 5.41) is 3.05. The Labute approximate surface area is 138 Å². The van der Waals surface area contributed by atoms with Gasteiger partial charge in [-0.15, -0.1) is 0 Å². The van der Waals surface area contributed by atoms with E-state index in [0.29, 0.717) is 40.2 Å². The summed E-state index contributed by atoms with van der Waals surface area (Å²) in [5.41, 5.74) is 1.02. The Morgan fingerprint density at radius 3 is 2.48 bits per heavy atom. The van der Waals surface area contributed by atoms with Crippen LogP contribution in [0.4, 0.5) is 5.13 Å². The predicted molar refractivity (Wildman–Crippen MR) is 88.4 cm³/mol. The van der Waals surface area contributed by atoms with E-state index >= 15 is 0 Å². The fourth-order valence-corrected chi connectivity index (χ4v) is 2.73. The number of ether oxygens (including phenoxy) is 2. The van der Waals surface area contributed by atoms with Crippen LogP contribution in [0, 0.1) is 6.92 Å². The Morgan fingerprint density at radius 1 is 1.17 bits per heavy atom. The maximum Gasteiger partial charge on any atom is 0.350 e. The van der Waals surface area contributed by atoms with Crippen LogP contribution in [0.1, 0.15) is 39.6 Å². The number of nitrogens with one attached hydrogen (secondary N) is 1. The minimum Gasteiger partial charge on any atom is -0.494 e. The Kier molecular flexibility index (Phi) is 5.70. The van der Waals surface area contributed by atoms with Crippen LogP contribution in [0.25, 0.3) is 0 Å². The first-order valence-electron chi connectivity index (χ1n) is 7.23. The van der Waals surface area contributed by atoms with Crippen molar-refractivity contribution >= 4 is 28.3 Å². The number of rotatable bonds is 6. The Bertz CT molecular complexity index is 695. The zero-order valence-corrected chi connectivity index (χ0v) is 14.0. The number of amides is 1. The van der Waals surface area contributed by atoms with Gasteiger partial charge in [0.05, 0.1) is 18.9 Å². The lowest BCUT2D eigenvalue weighted by Gasteiger charge is -2.04. The molecule has 0 saturated heterocycles. The van der Waals surface area contributed by atoms with Gasteiger partial charge in [0.15, 0.2) is 5.13 Å². The summed E-state index contributed by atoms with van der Waals surface area (Å²) in [6, 6.07) is 6.81. The zero-order valence-electron chi connectivity index (χ0n) is 13.2. The second-order valence-electron chi connectivity index (χ2n) is 4.57. The van der Waals surface area contributed by atoms with Gasteiger partial charge in [-0.3, -0.25) is 10.1 Å². The molecule has 0 radical (unpaired) electrons. The van der Waals surface area contributed by atoms with Gasteiger partial charge < -0.3 is 9.47 Å². The standard InChI is InChI=1S/C16H18N2O4S/c1-4-21-12-8-6-11(7-9-12)14(19)18-16-17-10(3)13(23-16)15(20)22-5-2/h6-9H,4-5H2,1-3H3,(H,17,18,19). The van der Waals surface area contributed by atoms with Gasteiger partial charge in [0.2, 0.25) is 0 Å². The first-order valence-corrected chi connectivity index (χ1v) is 8.05. The molecule has 0 atom stereocenters. The van der Waals surface area contributed by atoms with Crippen LogP contribution in [-0.4, -0.2) is 30.1 Å². The van der Waals surface area contributed by atoms with E-state index in [1.807, 2.05) is 6.92 Å². The van der Waals surface area contributed by atoms with E-state index in [-0.39, 0.29) is 5.91 Å². The fourth-order valence-electron chi connectivity index (χ4n) is 1.87. The third-order valence-electron chi connectivity index (χ3n) is 2.91. The van der Waals surface area contributed by atoms with Crippen molar-refractivity contribution in [2.24, 2.45) is 0 Å². The molecule has 2 rings (SSSR count). The number of hydrogen-bond donors (Lipinski definition) is 1. The molecule has 1 amide bonds. The third kappa shape index (κ3) is 4.29. The molecule has 1 aromatic carbocycles. The van der Waals surface area contributed by atoms with Crippen LogP contribution in [0.5, 0.6) is 5.75 Å². The summed E-state index contributed by atoms with van der Waals surface area (Å²) in [6.45, 7) is 6.20. The molecule has 0 aliphatic carbocycles. The van der Waals surface area contributed by atoms with Crippen LogP contribution >= 0.6 is 11.3 Å². The number of anilines is 1. The average molecular weight is 334 g/mol. The SMILES string of the molecule is CCOC(=O)c1sc(NC(=O)c2ccc(OCC)cc2)nc1C. The Hall–Kier alpha value is -2.41. The highest BCUT2D eigenvalue weighted by Crippen LogP contribution is 2.24. The second-order valence-corrected chi connectivity index (χ2v) is 5.56. The van der Waals surface area contributed by atoms with E-state index in [2.05, 4.69) is 10.3 Å². The molecule has 0 spiro atoms. The molecule has 1 aromatic heterocycles. The summed E-state index contributed by atoms with van der Waals surface area (Å²) in [6.07, 6.45) is 0. The Balaban J connectivity index is 2.08. The van der Waals surface area contributed by atoms with Gasteiger partial charge in [0.1, 0.15) is 10.6 Å². The molecular formula is C16H18N2O4S. The van der Waals surface area contributed by atoms with Crippen molar-refractivity contribution in [2.45, 2.75) is 20.8 Å². The first-order chi connectivity index (χ1) is 11.0. The van der Waals surface area contributed by atoms with E-state index in [1.54, 1.807) is 38.1 Å². The normalized spacial score (nSPS) is 10.2. The van der Waals surface area contributed by atoms with Gasteiger partial charge in [-0.05, 0) is 45.0 Å². The highest BCUT2D eigenvalue weighted by atomic mass is 32.1. The topological polar surface area (TPSA) is 77.5 Å². The number of carbonyl (C=O) groups is 2. The summed E-state index contributed by atoms with van der Waals surface area (Å²) < 4.78 is 10.3. The summed E-state index contributed by atoms with van der Waals surface area (Å²) in [4.78, 5) is 28.5. The van der Waals surface area contributed by atoms with Crippen LogP contribution in [-0.2, 0) is 4.74 Å². The lowest BCUT2D eigenvalue weighted by Crippen LogP contribution is -2.11.